The van der Waals surface area contributed by atoms with E-state index in [1.54, 1.807) is 6.07 Å². The van der Waals surface area contributed by atoms with Crippen molar-refractivity contribution in [2.75, 3.05) is 25.6 Å². The molecule has 2 heterocycles. The molecule has 1 N–H and O–H groups in total. The van der Waals surface area contributed by atoms with Gasteiger partial charge in [-0.15, -0.1) is 0 Å². The van der Waals surface area contributed by atoms with E-state index in [-0.39, 0.29) is 11.8 Å². The smallest absolute Gasteiger partial charge is 0.329 e. The molecule has 7 nitrogen and oxygen atoms in total. The van der Waals surface area contributed by atoms with Crippen molar-refractivity contribution in [3.05, 3.63) is 30.0 Å². The van der Waals surface area contributed by atoms with Crippen LogP contribution >= 0.6 is 0 Å². The standard InChI is InChI=1S/C17H18N4O3/c1-23-17(22)12(9-18)15-16(19-10-11-5-4-8-24-11)21-14-7-3-2-6-13(14)20-15/h2-3,6-7,11-12H,4-5,8,10H2,1H3,(H,19,21)/t11-,12+/m1/s1. The monoisotopic (exact) mass is 326 g/mol. The lowest BCUT2D eigenvalue weighted by atomic mass is 10.1. The molecule has 24 heavy (non-hydrogen) atoms. The number of carbonyl (C=O) groups is 1. The van der Waals surface area contributed by atoms with Gasteiger partial charge >= 0.3 is 5.97 Å². The Morgan fingerprint density at radius 2 is 2.21 bits per heavy atom. The van der Waals surface area contributed by atoms with Crippen LogP contribution in [0.2, 0.25) is 0 Å². The Balaban J connectivity index is 1.98. The van der Waals surface area contributed by atoms with Gasteiger partial charge in [-0.2, -0.15) is 5.26 Å². The molecule has 1 aromatic heterocycles. The van der Waals surface area contributed by atoms with Crippen LogP contribution in [0.1, 0.15) is 24.5 Å². The largest absolute Gasteiger partial charge is 0.468 e. The molecule has 0 amide bonds. The first-order chi connectivity index (χ1) is 11.7. The Labute approximate surface area is 139 Å². The number of carbonyl (C=O) groups excluding carboxylic acids is 1. The number of hydrogen-bond acceptors (Lipinski definition) is 7. The third kappa shape index (κ3) is 3.29. The highest BCUT2D eigenvalue weighted by Crippen LogP contribution is 2.25. The number of nitriles is 1. The average molecular weight is 326 g/mol. The van der Waals surface area contributed by atoms with Crippen molar-refractivity contribution >= 4 is 22.8 Å². The lowest BCUT2D eigenvalue weighted by Crippen LogP contribution is -2.22. The van der Waals surface area contributed by atoms with E-state index in [0.29, 0.717) is 23.4 Å². The van der Waals surface area contributed by atoms with E-state index < -0.39 is 11.9 Å². The molecule has 2 atom stereocenters. The van der Waals surface area contributed by atoms with Gasteiger partial charge in [0.15, 0.2) is 11.7 Å². The molecule has 1 aliphatic rings. The minimum atomic E-state index is -1.13. The zero-order valence-electron chi connectivity index (χ0n) is 13.4. The summed E-state index contributed by atoms with van der Waals surface area (Å²) in [7, 11) is 1.25. The van der Waals surface area contributed by atoms with E-state index in [4.69, 9.17) is 9.47 Å². The van der Waals surface area contributed by atoms with Crippen LogP contribution in [0.3, 0.4) is 0 Å². The maximum atomic E-state index is 11.9. The summed E-state index contributed by atoms with van der Waals surface area (Å²) in [6, 6.07) is 9.28. The quantitative estimate of drug-likeness (QED) is 0.839. The molecule has 0 unspecified atom stereocenters. The molecule has 0 saturated carbocycles. The Bertz CT molecular complexity index is 781. The second-order valence-electron chi connectivity index (χ2n) is 5.55. The topological polar surface area (TPSA) is 97.1 Å². The fourth-order valence-electron chi connectivity index (χ4n) is 2.70. The van der Waals surface area contributed by atoms with Crippen LogP contribution in [-0.2, 0) is 14.3 Å². The van der Waals surface area contributed by atoms with Gasteiger partial charge in [0, 0.05) is 13.2 Å². The molecule has 2 aromatic rings. The molecule has 7 heteroatoms. The predicted octanol–water partition coefficient (Wildman–Crippen LogP) is 2.00. The molecule has 0 spiro atoms. The molecule has 1 fully saturated rings. The summed E-state index contributed by atoms with van der Waals surface area (Å²) in [5.41, 5.74) is 1.60. The Kier molecular flexibility index (Phi) is 4.87. The minimum absolute atomic E-state index is 0.102. The van der Waals surface area contributed by atoms with Crippen molar-refractivity contribution in [1.29, 1.82) is 5.26 Å². The first-order valence-electron chi connectivity index (χ1n) is 7.82. The van der Waals surface area contributed by atoms with Gasteiger partial charge in [-0.3, -0.25) is 4.79 Å². The van der Waals surface area contributed by atoms with Crippen molar-refractivity contribution < 1.29 is 14.3 Å². The van der Waals surface area contributed by atoms with E-state index in [1.165, 1.54) is 7.11 Å². The molecule has 1 aromatic carbocycles. The van der Waals surface area contributed by atoms with E-state index >= 15 is 0 Å². The molecular weight excluding hydrogens is 308 g/mol. The van der Waals surface area contributed by atoms with Crippen LogP contribution in [0.4, 0.5) is 5.82 Å². The van der Waals surface area contributed by atoms with Crippen LogP contribution in [0.15, 0.2) is 24.3 Å². The number of para-hydroxylation sites is 2. The molecule has 0 bridgehead atoms. The summed E-state index contributed by atoms with van der Waals surface area (Å²) >= 11 is 0. The summed E-state index contributed by atoms with van der Waals surface area (Å²) in [5.74, 6) is -1.36. The summed E-state index contributed by atoms with van der Waals surface area (Å²) in [6.45, 7) is 1.31. The van der Waals surface area contributed by atoms with Crippen molar-refractivity contribution in [2.24, 2.45) is 0 Å². The molecule has 124 valence electrons. The summed E-state index contributed by atoms with van der Waals surface area (Å²) in [4.78, 5) is 20.9. The fraction of sp³-hybridized carbons (Fsp3) is 0.412. The number of hydrogen-bond donors (Lipinski definition) is 1. The predicted molar refractivity (Wildman–Crippen MR) is 87.4 cm³/mol. The van der Waals surface area contributed by atoms with Crippen molar-refractivity contribution in [3.8, 4) is 6.07 Å². The Hall–Kier alpha value is -2.72. The number of nitrogens with zero attached hydrogens (tertiary/aromatic N) is 3. The highest BCUT2D eigenvalue weighted by molar-refractivity contribution is 5.84. The summed E-state index contributed by atoms with van der Waals surface area (Å²) in [6.07, 6.45) is 2.11. The number of nitrogens with one attached hydrogen (secondary N) is 1. The third-order valence-electron chi connectivity index (χ3n) is 3.96. The second-order valence-corrected chi connectivity index (χ2v) is 5.55. The summed E-state index contributed by atoms with van der Waals surface area (Å²) in [5, 5.41) is 12.6. The van der Waals surface area contributed by atoms with Crippen LogP contribution in [-0.4, -0.2) is 42.3 Å². The van der Waals surface area contributed by atoms with Gasteiger partial charge in [-0.25, -0.2) is 9.97 Å². The van der Waals surface area contributed by atoms with Gasteiger partial charge in [-0.1, -0.05) is 12.1 Å². The van der Waals surface area contributed by atoms with E-state index in [0.717, 1.165) is 19.4 Å². The number of ether oxygens (including phenoxy) is 2. The summed E-state index contributed by atoms with van der Waals surface area (Å²) < 4.78 is 10.3. The van der Waals surface area contributed by atoms with Crippen LogP contribution in [0.5, 0.6) is 0 Å². The number of benzene rings is 1. The van der Waals surface area contributed by atoms with Crippen LogP contribution in [0, 0.1) is 11.3 Å². The SMILES string of the molecule is COC(=O)[C@@H](C#N)c1nc2ccccc2nc1NC[C@H]1CCCO1. The Morgan fingerprint density at radius 1 is 1.46 bits per heavy atom. The molecule has 0 radical (unpaired) electrons. The molecule has 3 rings (SSSR count). The van der Waals surface area contributed by atoms with E-state index in [1.807, 2.05) is 24.3 Å². The number of aromatic nitrogens is 2. The maximum Gasteiger partial charge on any atom is 0.329 e. The lowest BCUT2D eigenvalue weighted by molar-refractivity contribution is -0.141. The van der Waals surface area contributed by atoms with Gasteiger partial charge in [-0.05, 0) is 25.0 Å². The first kappa shape index (κ1) is 16.1. The average Bonchev–Trinajstić information content (AvgIpc) is 3.13. The molecular formula is C17H18N4O3. The highest BCUT2D eigenvalue weighted by atomic mass is 16.5. The van der Waals surface area contributed by atoms with Crippen molar-refractivity contribution in [2.45, 2.75) is 24.9 Å². The molecule has 0 aliphatic carbocycles. The maximum absolute atomic E-state index is 11.9. The normalized spacial score (nSPS) is 18.1. The number of fused-ring (bicyclic) bond motifs is 1. The van der Waals surface area contributed by atoms with Crippen LogP contribution in [0.25, 0.3) is 11.0 Å². The lowest BCUT2D eigenvalue weighted by Gasteiger charge is -2.16. The molecule has 1 aliphatic heterocycles. The second kappa shape index (κ2) is 7.23. The van der Waals surface area contributed by atoms with Gasteiger partial charge in [0.05, 0.1) is 30.3 Å². The third-order valence-corrected chi connectivity index (χ3v) is 3.96. The Morgan fingerprint density at radius 3 is 2.83 bits per heavy atom. The van der Waals surface area contributed by atoms with Gasteiger partial charge in [0.1, 0.15) is 5.69 Å². The van der Waals surface area contributed by atoms with Gasteiger partial charge < -0.3 is 14.8 Å². The number of rotatable bonds is 5. The first-order valence-corrected chi connectivity index (χ1v) is 7.82. The zero-order valence-corrected chi connectivity index (χ0v) is 13.4. The van der Waals surface area contributed by atoms with E-state index in [2.05, 4.69) is 15.3 Å². The highest BCUT2D eigenvalue weighted by Gasteiger charge is 2.27. The number of anilines is 1. The van der Waals surface area contributed by atoms with Gasteiger partial charge in [0.2, 0.25) is 0 Å². The minimum Gasteiger partial charge on any atom is -0.468 e. The molecule has 1 saturated heterocycles. The van der Waals surface area contributed by atoms with E-state index in [9.17, 15) is 10.1 Å². The van der Waals surface area contributed by atoms with Crippen molar-refractivity contribution in [1.82, 2.24) is 9.97 Å². The van der Waals surface area contributed by atoms with Crippen molar-refractivity contribution in [3.63, 3.8) is 0 Å². The van der Waals surface area contributed by atoms with Gasteiger partial charge in [0.25, 0.3) is 0 Å². The zero-order chi connectivity index (χ0) is 16.9. The number of methoxy groups -OCH3 is 1. The van der Waals surface area contributed by atoms with Crippen LogP contribution < -0.4 is 5.32 Å². The fourth-order valence-corrected chi connectivity index (χ4v) is 2.70. The number of esters is 1.